The van der Waals surface area contributed by atoms with Crippen molar-refractivity contribution in [2.24, 2.45) is 5.41 Å². The summed E-state index contributed by atoms with van der Waals surface area (Å²) in [7, 11) is 2.10. The van der Waals surface area contributed by atoms with E-state index in [-0.39, 0.29) is 0 Å². The van der Waals surface area contributed by atoms with Crippen molar-refractivity contribution in [3.63, 3.8) is 0 Å². The molecule has 0 atom stereocenters. The van der Waals surface area contributed by atoms with Gasteiger partial charge in [0.2, 0.25) is 0 Å². The van der Waals surface area contributed by atoms with Gasteiger partial charge >= 0.3 is 0 Å². The van der Waals surface area contributed by atoms with Crippen LogP contribution >= 0.6 is 0 Å². The van der Waals surface area contributed by atoms with Crippen LogP contribution in [0.5, 0.6) is 0 Å². The van der Waals surface area contributed by atoms with E-state index in [2.05, 4.69) is 42.7 Å². The van der Waals surface area contributed by atoms with Crippen molar-refractivity contribution >= 4 is 0 Å². The average Bonchev–Trinajstić information content (AvgIpc) is 2.41. The lowest BCUT2D eigenvalue weighted by Gasteiger charge is -2.37. The molecule has 1 nitrogen and oxygen atoms in total. The molecular formula is C17H27N. The molecule has 0 aliphatic heterocycles. The Hall–Kier alpha value is -0.820. The third-order valence-electron chi connectivity index (χ3n) is 4.48. The summed E-state index contributed by atoms with van der Waals surface area (Å²) in [6, 6.07) is 10.9. The van der Waals surface area contributed by atoms with Crippen molar-refractivity contribution in [2.45, 2.75) is 51.4 Å². The summed E-state index contributed by atoms with van der Waals surface area (Å²) >= 11 is 0. The van der Waals surface area contributed by atoms with Crippen molar-refractivity contribution in [3.8, 4) is 0 Å². The van der Waals surface area contributed by atoms with Crippen LogP contribution in [0.4, 0.5) is 0 Å². The first-order chi connectivity index (χ1) is 8.85. The Morgan fingerprint density at radius 3 is 2.44 bits per heavy atom. The van der Waals surface area contributed by atoms with E-state index < -0.39 is 0 Å². The number of rotatable bonds is 6. The fraction of sp³-hybridized carbons (Fsp3) is 0.647. The highest BCUT2D eigenvalue weighted by molar-refractivity contribution is 5.14. The molecule has 1 aromatic carbocycles. The van der Waals surface area contributed by atoms with Crippen LogP contribution in [-0.2, 0) is 6.42 Å². The first-order valence-electron chi connectivity index (χ1n) is 7.53. The second kappa shape index (κ2) is 6.94. The van der Waals surface area contributed by atoms with E-state index in [1.807, 2.05) is 0 Å². The monoisotopic (exact) mass is 245 g/mol. The number of nitrogens with one attached hydrogen (secondary N) is 1. The Morgan fingerprint density at radius 2 is 1.78 bits per heavy atom. The number of hydrogen-bond donors (Lipinski definition) is 1. The predicted molar refractivity (Wildman–Crippen MR) is 78.8 cm³/mol. The van der Waals surface area contributed by atoms with Crippen LogP contribution in [0.1, 0.15) is 50.5 Å². The molecule has 0 amide bonds. The molecule has 0 heterocycles. The molecule has 0 unspecified atom stereocenters. The maximum absolute atomic E-state index is 3.43. The average molecular weight is 245 g/mol. The van der Waals surface area contributed by atoms with Gasteiger partial charge in [-0.2, -0.15) is 0 Å². The zero-order valence-electron chi connectivity index (χ0n) is 11.8. The SMILES string of the molecule is CNCC1(CCCc2ccccc2)CCCCC1. The Bertz CT molecular complexity index is 319. The molecule has 0 bridgehead atoms. The van der Waals surface area contributed by atoms with Crippen LogP contribution in [-0.4, -0.2) is 13.6 Å². The van der Waals surface area contributed by atoms with E-state index in [0.717, 1.165) is 0 Å². The number of benzene rings is 1. The van der Waals surface area contributed by atoms with Gasteiger partial charge in [-0.25, -0.2) is 0 Å². The second-order valence-electron chi connectivity index (χ2n) is 5.93. The topological polar surface area (TPSA) is 12.0 Å². The first-order valence-corrected chi connectivity index (χ1v) is 7.53. The Kier molecular flexibility index (Phi) is 5.25. The van der Waals surface area contributed by atoms with Gasteiger partial charge in [-0.3, -0.25) is 0 Å². The molecule has 0 aromatic heterocycles. The Balaban J connectivity index is 1.82. The molecule has 100 valence electrons. The van der Waals surface area contributed by atoms with Crippen LogP contribution in [0.3, 0.4) is 0 Å². The van der Waals surface area contributed by atoms with Crippen LogP contribution in [0, 0.1) is 5.41 Å². The summed E-state index contributed by atoms with van der Waals surface area (Å²) < 4.78 is 0. The standard InChI is InChI=1S/C17H27N/c1-18-15-17(12-6-3-7-13-17)14-8-11-16-9-4-2-5-10-16/h2,4-5,9-10,18H,3,6-8,11-15H2,1H3. The van der Waals surface area contributed by atoms with Crippen LogP contribution in [0.2, 0.25) is 0 Å². The van der Waals surface area contributed by atoms with Gasteiger partial charge in [0.15, 0.2) is 0 Å². The molecule has 1 aliphatic rings. The van der Waals surface area contributed by atoms with E-state index >= 15 is 0 Å². The maximum Gasteiger partial charge on any atom is 0.000480 e. The minimum Gasteiger partial charge on any atom is -0.319 e. The van der Waals surface area contributed by atoms with Crippen LogP contribution in [0.25, 0.3) is 0 Å². The van der Waals surface area contributed by atoms with Gasteiger partial charge in [-0.05, 0) is 50.1 Å². The zero-order chi connectivity index (χ0) is 12.7. The van der Waals surface area contributed by atoms with Crippen molar-refractivity contribution in [1.29, 1.82) is 0 Å². The van der Waals surface area contributed by atoms with E-state index in [1.54, 1.807) is 0 Å². The Morgan fingerprint density at radius 1 is 1.06 bits per heavy atom. The maximum atomic E-state index is 3.43. The third kappa shape index (κ3) is 3.84. The smallest absolute Gasteiger partial charge is 0.000480 e. The highest BCUT2D eigenvalue weighted by Crippen LogP contribution is 2.39. The van der Waals surface area contributed by atoms with Crippen molar-refractivity contribution in [3.05, 3.63) is 35.9 Å². The molecule has 1 heteroatoms. The van der Waals surface area contributed by atoms with E-state index in [4.69, 9.17) is 0 Å². The lowest BCUT2D eigenvalue weighted by molar-refractivity contribution is 0.167. The summed E-state index contributed by atoms with van der Waals surface area (Å²) in [6.07, 6.45) is 11.2. The number of hydrogen-bond acceptors (Lipinski definition) is 1. The van der Waals surface area contributed by atoms with Crippen molar-refractivity contribution < 1.29 is 0 Å². The van der Waals surface area contributed by atoms with Crippen LogP contribution in [0.15, 0.2) is 30.3 Å². The molecule has 18 heavy (non-hydrogen) atoms. The van der Waals surface area contributed by atoms with E-state index in [1.165, 1.54) is 63.5 Å². The van der Waals surface area contributed by atoms with Gasteiger partial charge in [0.05, 0.1) is 0 Å². The molecular weight excluding hydrogens is 218 g/mol. The van der Waals surface area contributed by atoms with Gasteiger partial charge < -0.3 is 5.32 Å². The van der Waals surface area contributed by atoms with E-state index in [9.17, 15) is 0 Å². The third-order valence-corrected chi connectivity index (χ3v) is 4.48. The highest BCUT2D eigenvalue weighted by atomic mass is 14.8. The minimum atomic E-state index is 0.599. The Labute approximate surface area is 112 Å². The van der Waals surface area contributed by atoms with Crippen LogP contribution < -0.4 is 5.32 Å². The molecule has 1 aliphatic carbocycles. The molecule has 0 saturated heterocycles. The molecule has 1 saturated carbocycles. The molecule has 1 aromatic rings. The molecule has 2 rings (SSSR count). The van der Waals surface area contributed by atoms with Gasteiger partial charge in [0.1, 0.15) is 0 Å². The van der Waals surface area contributed by atoms with E-state index in [0.29, 0.717) is 5.41 Å². The van der Waals surface area contributed by atoms with Crippen molar-refractivity contribution in [1.82, 2.24) is 5.32 Å². The van der Waals surface area contributed by atoms with Gasteiger partial charge in [0, 0.05) is 6.54 Å². The quantitative estimate of drug-likeness (QED) is 0.793. The molecule has 1 fully saturated rings. The summed E-state index contributed by atoms with van der Waals surface area (Å²) in [5, 5.41) is 3.43. The van der Waals surface area contributed by atoms with Crippen molar-refractivity contribution in [2.75, 3.05) is 13.6 Å². The second-order valence-corrected chi connectivity index (χ2v) is 5.93. The lowest BCUT2D eigenvalue weighted by Crippen LogP contribution is -2.34. The molecule has 0 spiro atoms. The normalized spacial score (nSPS) is 18.7. The summed E-state index contributed by atoms with van der Waals surface area (Å²) in [4.78, 5) is 0. The molecule has 1 N–H and O–H groups in total. The first kappa shape index (κ1) is 13.6. The van der Waals surface area contributed by atoms with Gasteiger partial charge in [-0.15, -0.1) is 0 Å². The summed E-state index contributed by atoms with van der Waals surface area (Å²) in [5.74, 6) is 0. The fourth-order valence-electron chi connectivity index (χ4n) is 3.50. The minimum absolute atomic E-state index is 0.599. The molecule has 0 radical (unpaired) electrons. The lowest BCUT2D eigenvalue weighted by atomic mass is 9.70. The predicted octanol–water partition coefficient (Wildman–Crippen LogP) is 4.18. The number of aryl methyl sites for hydroxylation is 1. The summed E-state index contributed by atoms with van der Waals surface area (Å²) in [6.45, 7) is 1.21. The fourth-order valence-corrected chi connectivity index (χ4v) is 3.50. The highest BCUT2D eigenvalue weighted by Gasteiger charge is 2.30. The summed E-state index contributed by atoms with van der Waals surface area (Å²) in [5.41, 5.74) is 2.09. The largest absolute Gasteiger partial charge is 0.319 e. The van der Waals surface area contributed by atoms with Gasteiger partial charge in [-0.1, -0.05) is 49.6 Å². The van der Waals surface area contributed by atoms with Gasteiger partial charge in [0.25, 0.3) is 0 Å². The zero-order valence-corrected chi connectivity index (χ0v) is 11.8.